The van der Waals surface area contributed by atoms with E-state index in [9.17, 15) is 8.42 Å². The van der Waals surface area contributed by atoms with Gasteiger partial charge in [-0.1, -0.05) is 31.2 Å². The Morgan fingerprint density at radius 3 is 2.37 bits per heavy atom. The first-order valence-electron chi connectivity index (χ1n) is 6.63. The third-order valence-corrected chi connectivity index (χ3v) is 4.20. The maximum atomic E-state index is 11.1. The number of nitrogens with zero attached hydrogens (tertiary/aromatic N) is 1. The molecule has 19 heavy (non-hydrogen) atoms. The molecule has 2 N–H and O–H groups in total. The molecular formula is C14H24N2O2S. The average molecular weight is 284 g/mol. The molecule has 1 aromatic carbocycles. The molecule has 0 aromatic heterocycles. The van der Waals surface area contributed by atoms with Gasteiger partial charge in [0.1, 0.15) is 9.84 Å². The van der Waals surface area contributed by atoms with E-state index < -0.39 is 9.84 Å². The van der Waals surface area contributed by atoms with E-state index in [1.165, 1.54) is 11.8 Å². The highest BCUT2D eigenvalue weighted by molar-refractivity contribution is 7.90. The molecule has 0 fully saturated rings. The molecule has 1 aromatic rings. The summed E-state index contributed by atoms with van der Waals surface area (Å²) in [5.41, 5.74) is 8.11. The van der Waals surface area contributed by atoms with Gasteiger partial charge in [0.25, 0.3) is 0 Å². The smallest absolute Gasteiger partial charge is 0.147 e. The van der Waals surface area contributed by atoms with Crippen molar-refractivity contribution >= 4 is 9.84 Å². The molecule has 0 heterocycles. The predicted molar refractivity (Wildman–Crippen MR) is 79.6 cm³/mol. The van der Waals surface area contributed by atoms with Crippen molar-refractivity contribution in [3.8, 4) is 0 Å². The van der Waals surface area contributed by atoms with Crippen LogP contribution in [0.3, 0.4) is 0 Å². The molecule has 4 nitrogen and oxygen atoms in total. The van der Waals surface area contributed by atoms with Gasteiger partial charge in [0.05, 0.1) is 5.75 Å². The summed E-state index contributed by atoms with van der Waals surface area (Å²) in [5, 5.41) is 0. The largest absolute Gasteiger partial charge is 0.326 e. The van der Waals surface area contributed by atoms with Gasteiger partial charge in [0.15, 0.2) is 0 Å². The Balaban J connectivity index is 2.56. The van der Waals surface area contributed by atoms with Gasteiger partial charge in [-0.15, -0.1) is 0 Å². The van der Waals surface area contributed by atoms with Crippen LogP contribution in [-0.2, 0) is 22.9 Å². The number of rotatable bonds is 8. The van der Waals surface area contributed by atoms with E-state index in [1.54, 1.807) is 0 Å². The second-order valence-corrected chi connectivity index (χ2v) is 7.08. The fraction of sp³-hybridized carbons (Fsp3) is 0.571. The van der Waals surface area contributed by atoms with E-state index in [2.05, 4.69) is 17.9 Å². The Morgan fingerprint density at radius 1 is 1.21 bits per heavy atom. The molecular weight excluding hydrogens is 260 g/mol. The summed E-state index contributed by atoms with van der Waals surface area (Å²) in [5.74, 6) is 0.252. The van der Waals surface area contributed by atoms with Crippen LogP contribution in [0.2, 0.25) is 0 Å². The minimum absolute atomic E-state index is 0.252. The van der Waals surface area contributed by atoms with Gasteiger partial charge >= 0.3 is 0 Å². The summed E-state index contributed by atoms with van der Waals surface area (Å²) in [4.78, 5) is 2.25. The summed E-state index contributed by atoms with van der Waals surface area (Å²) in [6.07, 6.45) is 1.96. The van der Waals surface area contributed by atoms with Crippen LogP contribution in [0.1, 0.15) is 24.5 Å². The van der Waals surface area contributed by atoms with Crippen molar-refractivity contribution in [3.05, 3.63) is 35.4 Å². The van der Waals surface area contributed by atoms with Crippen LogP contribution in [0.5, 0.6) is 0 Å². The van der Waals surface area contributed by atoms with E-state index in [0.29, 0.717) is 13.0 Å². The lowest BCUT2D eigenvalue weighted by Crippen LogP contribution is -2.26. The van der Waals surface area contributed by atoms with Crippen LogP contribution in [0.4, 0.5) is 0 Å². The lowest BCUT2D eigenvalue weighted by atomic mass is 10.1. The third kappa shape index (κ3) is 6.18. The van der Waals surface area contributed by atoms with Gasteiger partial charge in [-0.25, -0.2) is 8.42 Å². The lowest BCUT2D eigenvalue weighted by molar-refractivity contribution is 0.280. The van der Waals surface area contributed by atoms with Crippen molar-refractivity contribution in [2.75, 3.05) is 25.1 Å². The number of nitrogens with two attached hydrogens (primary N) is 1. The van der Waals surface area contributed by atoms with Gasteiger partial charge in [-0.2, -0.15) is 0 Å². The molecule has 0 radical (unpaired) electrons. The molecule has 0 atom stereocenters. The first-order valence-corrected chi connectivity index (χ1v) is 8.69. The minimum Gasteiger partial charge on any atom is -0.326 e. The highest BCUT2D eigenvalue weighted by Crippen LogP contribution is 2.11. The summed E-state index contributed by atoms with van der Waals surface area (Å²) >= 11 is 0. The highest BCUT2D eigenvalue weighted by Gasteiger charge is 2.08. The van der Waals surface area contributed by atoms with Crippen molar-refractivity contribution in [2.24, 2.45) is 5.73 Å². The summed E-state index contributed by atoms with van der Waals surface area (Å²) in [6.45, 7) is 5.15. The fourth-order valence-electron chi connectivity index (χ4n) is 2.05. The van der Waals surface area contributed by atoms with Crippen molar-refractivity contribution in [3.63, 3.8) is 0 Å². The van der Waals surface area contributed by atoms with Crippen molar-refractivity contribution in [1.82, 2.24) is 4.90 Å². The van der Waals surface area contributed by atoms with Crippen LogP contribution in [0, 0.1) is 0 Å². The zero-order chi connectivity index (χ0) is 14.3. The molecule has 0 spiro atoms. The summed E-state index contributed by atoms with van der Waals surface area (Å²) in [6, 6.07) is 8.13. The van der Waals surface area contributed by atoms with Crippen LogP contribution in [0.15, 0.2) is 24.3 Å². The third-order valence-electron chi connectivity index (χ3n) is 3.17. The quantitative estimate of drug-likeness (QED) is 0.784. The van der Waals surface area contributed by atoms with Crippen molar-refractivity contribution < 1.29 is 8.42 Å². The number of sulfone groups is 1. The summed E-state index contributed by atoms with van der Waals surface area (Å²) in [7, 11) is -2.86. The molecule has 0 saturated heterocycles. The van der Waals surface area contributed by atoms with Crippen LogP contribution in [0.25, 0.3) is 0 Å². The Bertz CT molecular complexity index is 486. The Hall–Kier alpha value is -0.910. The van der Waals surface area contributed by atoms with Gasteiger partial charge in [0, 0.05) is 19.3 Å². The van der Waals surface area contributed by atoms with E-state index in [4.69, 9.17) is 5.73 Å². The van der Waals surface area contributed by atoms with E-state index in [-0.39, 0.29) is 5.75 Å². The van der Waals surface area contributed by atoms with Crippen LogP contribution in [-0.4, -0.2) is 38.4 Å². The second kappa shape index (κ2) is 7.62. The summed E-state index contributed by atoms with van der Waals surface area (Å²) < 4.78 is 22.2. The minimum atomic E-state index is -2.86. The molecule has 5 heteroatoms. The normalized spacial score (nSPS) is 12.0. The highest BCUT2D eigenvalue weighted by atomic mass is 32.2. The van der Waals surface area contributed by atoms with Gasteiger partial charge in [-0.05, 0) is 30.6 Å². The fourth-order valence-corrected chi connectivity index (χ4v) is 2.70. The average Bonchev–Trinajstić information content (AvgIpc) is 2.36. The van der Waals surface area contributed by atoms with Gasteiger partial charge < -0.3 is 5.73 Å². The maximum absolute atomic E-state index is 11.1. The van der Waals surface area contributed by atoms with E-state index in [0.717, 1.165) is 25.2 Å². The van der Waals surface area contributed by atoms with Crippen LogP contribution < -0.4 is 5.73 Å². The number of benzene rings is 1. The maximum Gasteiger partial charge on any atom is 0.147 e. The van der Waals surface area contributed by atoms with Crippen molar-refractivity contribution in [2.45, 2.75) is 26.4 Å². The molecule has 0 amide bonds. The zero-order valence-corrected chi connectivity index (χ0v) is 12.6. The molecule has 1 rings (SSSR count). The Labute approximate surface area is 116 Å². The molecule has 0 saturated carbocycles. The molecule has 0 bridgehead atoms. The zero-order valence-electron chi connectivity index (χ0n) is 11.8. The molecule has 0 aliphatic heterocycles. The SMILES string of the molecule is CCN(CCCS(C)(=O)=O)Cc1ccccc1CN. The molecule has 0 aliphatic carbocycles. The Morgan fingerprint density at radius 2 is 1.84 bits per heavy atom. The van der Waals surface area contributed by atoms with E-state index >= 15 is 0 Å². The first-order chi connectivity index (χ1) is 8.96. The molecule has 0 aliphatic rings. The van der Waals surface area contributed by atoms with Gasteiger partial charge in [0.2, 0.25) is 0 Å². The monoisotopic (exact) mass is 284 g/mol. The second-order valence-electron chi connectivity index (χ2n) is 4.83. The molecule has 0 unspecified atom stereocenters. The topological polar surface area (TPSA) is 63.4 Å². The van der Waals surface area contributed by atoms with Gasteiger partial charge in [-0.3, -0.25) is 4.90 Å². The lowest BCUT2D eigenvalue weighted by Gasteiger charge is -2.21. The standard InChI is InChI=1S/C14H24N2O2S/c1-3-16(9-6-10-19(2,17)18)12-14-8-5-4-7-13(14)11-15/h4-5,7-8H,3,6,9-12,15H2,1-2H3. The number of hydrogen-bond acceptors (Lipinski definition) is 4. The predicted octanol–water partition coefficient (Wildman–Crippen LogP) is 1.40. The number of hydrogen-bond donors (Lipinski definition) is 1. The molecule has 108 valence electrons. The first kappa shape index (κ1) is 16.1. The van der Waals surface area contributed by atoms with E-state index in [1.807, 2.05) is 18.2 Å². The van der Waals surface area contributed by atoms with Crippen LogP contribution >= 0.6 is 0 Å². The Kier molecular flexibility index (Phi) is 6.48. The van der Waals surface area contributed by atoms with Crippen molar-refractivity contribution in [1.29, 1.82) is 0 Å².